The van der Waals surface area contributed by atoms with Crippen LogP contribution in [0.2, 0.25) is 0 Å². The summed E-state index contributed by atoms with van der Waals surface area (Å²) in [7, 11) is 1.67. The summed E-state index contributed by atoms with van der Waals surface area (Å²) in [6.45, 7) is 0. The second-order valence-electron chi connectivity index (χ2n) is 5.68. The minimum absolute atomic E-state index is 0.608. The Morgan fingerprint density at radius 1 is 0.880 bits per heavy atom. The predicted molar refractivity (Wildman–Crippen MR) is 101 cm³/mol. The number of methoxy groups -OCH3 is 1. The van der Waals surface area contributed by atoms with Gasteiger partial charge in [-0.2, -0.15) is 0 Å². The molecular formula is C22H17NO2. The first-order valence-corrected chi connectivity index (χ1v) is 8.10. The average Bonchev–Trinajstić information content (AvgIpc) is 3.11. The largest absolute Gasteiger partial charge is 0.497 e. The van der Waals surface area contributed by atoms with Crippen molar-refractivity contribution in [3.63, 3.8) is 0 Å². The number of rotatable bonds is 4. The third-order valence-electron chi connectivity index (χ3n) is 4.04. The molecule has 0 atom stereocenters. The van der Waals surface area contributed by atoms with Gasteiger partial charge in [0.05, 0.1) is 7.11 Å². The van der Waals surface area contributed by atoms with Gasteiger partial charge < -0.3 is 9.15 Å². The molecule has 0 saturated carbocycles. The predicted octanol–water partition coefficient (Wildman–Crippen LogP) is 5.67. The number of oxazole rings is 1. The maximum Gasteiger partial charge on any atom is 0.227 e. The monoisotopic (exact) mass is 327 g/mol. The Kier molecular flexibility index (Phi) is 4.05. The smallest absolute Gasteiger partial charge is 0.227 e. The molecule has 1 heterocycles. The number of para-hydroxylation sites is 2. The van der Waals surface area contributed by atoms with Crippen molar-refractivity contribution in [1.82, 2.24) is 4.98 Å². The molecule has 0 aliphatic rings. The zero-order chi connectivity index (χ0) is 17.1. The lowest BCUT2D eigenvalue weighted by Crippen LogP contribution is -1.88. The molecule has 3 nitrogen and oxygen atoms in total. The molecule has 0 aliphatic heterocycles. The highest BCUT2D eigenvalue weighted by Gasteiger charge is 2.12. The topological polar surface area (TPSA) is 35.3 Å². The van der Waals surface area contributed by atoms with Crippen molar-refractivity contribution >= 4 is 23.3 Å². The first-order chi connectivity index (χ1) is 12.3. The number of fused-ring (bicyclic) bond motifs is 1. The van der Waals surface area contributed by atoms with Crippen LogP contribution in [-0.2, 0) is 0 Å². The molecule has 122 valence electrons. The first-order valence-electron chi connectivity index (χ1n) is 8.10. The van der Waals surface area contributed by atoms with Crippen LogP contribution in [-0.4, -0.2) is 12.1 Å². The summed E-state index contributed by atoms with van der Waals surface area (Å²) in [6, 6.07) is 23.8. The van der Waals surface area contributed by atoms with E-state index < -0.39 is 0 Å². The second kappa shape index (κ2) is 6.65. The molecule has 3 aromatic carbocycles. The zero-order valence-electron chi connectivity index (χ0n) is 13.8. The molecule has 0 radical (unpaired) electrons. The van der Waals surface area contributed by atoms with Gasteiger partial charge >= 0.3 is 0 Å². The van der Waals surface area contributed by atoms with Crippen molar-refractivity contribution < 1.29 is 9.15 Å². The van der Waals surface area contributed by atoms with Gasteiger partial charge in [-0.1, -0.05) is 54.6 Å². The maximum atomic E-state index is 5.93. The van der Waals surface area contributed by atoms with Gasteiger partial charge in [0.15, 0.2) is 5.58 Å². The van der Waals surface area contributed by atoms with Crippen molar-refractivity contribution in [3.05, 3.63) is 83.9 Å². The summed E-state index contributed by atoms with van der Waals surface area (Å²) in [6.07, 6.45) is 4.13. The van der Waals surface area contributed by atoms with Gasteiger partial charge in [0, 0.05) is 5.56 Å². The van der Waals surface area contributed by atoms with E-state index in [1.807, 2.05) is 60.7 Å². The highest BCUT2D eigenvalue weighted by molar-refractivity contribution is 5.82. The van der Waals surface area contributed by atoms with Crippen LogP contribution in [0, 0.1) is 0 Å². The molecule has 0 bridgehead atoms. The van der Waals surface area contributed by atoms with E-state index in [0.717, 1.165) is 33.5 Å². The van der Waals surface area contributed by atoms with Crippen molar-refractivity contribution in [2.24, 2.45) is 0 Å². The van der Waals surface area contributed by atoms with Crippen LogP contribution in [0.25, 0.3) is 34.7 Å². The number of nitrogens with zero attached hydrogens (tertiary/aromatic N) is 1. The van der Waals surface area contributed by atoms with Gasteiger partial charge in [-0.25, -0.2) is 4.98 Å². The van der Waals surface area contributed by atoms with Gasteiger partial charge in [0.2, 0.25) is 5.89 Å². The SMILES string of the molecule is COc1ccc(-c2nc3ccccc3o2)c(C=Cc2ccccc2)c1. The van der Waals surface area contributed by atoms with Crippen molar-refractivity contribution in [2.75, 3.05) is 7.11 Å². The lowest BCUT2D eigenvalue weighted by molar-refractivity contribution is 0.414. The zero-order valence-corrected chi connectivity index (χ0v) is 13.8. The minimum atomic E-state index is 0.608. The molecular weight excluding hydrogens is 310 g/mol. The fraction of sp³-hybridized carbons (Fsp3) is 0.0455. The van der Waals surface area contributed by atoms with Crippen molar-refractivity contribution in [2.45, 2.75) is 0 Å². The molecule has 0 unspecified atom stereocenters. The highest BCUT2D eigenvalue weighted by Crippen LogP contribution is 2.30. The molecule has 3 heteroatoms. The van der Waals surface area contributed by atoms with Crippen LogP contribution < -0.4 is 4.74 Å². The van der Waals surface area contributed by atoms with Gasteiger partial charge in [-0.3, -0.25) is 0 Å². The summed E-state index contributed by atoms with van der Waals surface area (Å²) < 4.78 is 11.3. The van der Waals surface area contributed by atoms with Crippen LogP contribution in [0.5, 0.6) is 5.75 Å². The van der Waals surface area contributed by atoms with E-state index in [-0.39, 0.29) is 0 Å². The normalized spacial score (nSPS) is 11.2. The molecule has 0 amide bonds. The molecule has 1 aromatic heterocycles. The van der Waals surface area contributed by atoms with E-state index in [4.69, 9.17) is 9.15 Å². The Hall–Kier alpha value is -3.33. The van der Waals surface area contributed by atoms with Gasteiger partial charge in [0.25, 0.3) is 0 Å². The summed E-state index contributed by atoms with van der Waals surface area (Å²) >= 11 is 0. The van der Waals surface area contributed by atoms with Gasteiger partial charge in [0.1, 0.15) is 11.3 Å². The number of hydrogen-bond acceptors (Lipinski definition) is 3. The fourth-order valence-corrected chi connectivity index (χ4v) is 2.74. The van der Waals surface area contributed by atoms with Crippen LogP contribution in [0.3, 0.4) is 0 Å². The van der Waals surface area contributed by atoms with Gasteiger partial charge in [-0.15, -0.1) is 0 Å². The van der Waals surface area contributed by atoms with E-state index in [2.05, 4.69) is 29.3 Å². The van der Waals surface area contributed by atoms with Gasteiger partial charge in [-0.05, 0) is 41.5 Å². The lowest BCUT2D eigenvalue weighted by atomic mass is 10.0. The lowest BCUT2D eigenvalue weighted by Gasteiger charge is -2.06. The van der Waals surface area contributed by atoms with Crippen LogP contribution >= 0.6 is 0 Å². The summed E-state index contributed by atoms with van der Waals surface area (Å²) in [5.74, 6) is 1.41. The van der Waals surface area contributed by atoms with Crippen LogP contribution in [0.1, 0.15) is 11.1 Å². The Morgan fingerprint density at radius 2 is 1.68 bits per heavy atom. The van der Waals surface area contributed by atoms with E-state index in [1.54, 1.807) is 7.11 Å². The fourth-order valence-electron chi connectivity index (χ4n) is 2.74. The van der Waals surface area contributed by atoms with Crippen LogP contribution in [0.4, 0.5) is 0 Å². The molecule has 0 fully saturated rings. The van der Waals surface area contributed by atoms with E-state index in [0.29, 0.717) is 5.89 Å². The quantitative estimate of drug-likeness (QED) is 0.453. The third-order valence-corrected chi connectivity index (χ3v) is 4.04. The molecule has 0 N–H and O–H groups in total. The molecule has 0 saturated heterocycles. The Bertz CT molecular complexity index is 999. The van der Waals surface area contributed by atoms with E-state index in [1.165, 1.54) is 0 Å². The number of ether oxygens (including phenoxy) is 1. The number of aromatic nitrogens is 1. The first kappa shape index (κ1) is 15.2. The average molecular weight is 327 g/mol. The van der Waals surface area contributed by atoms with E-state index in [9.17, 15) is 0 Å². The third kappa shape index (κ3) is 3.17. The second-order valence-corrected chi connectivity index (χ2v) is 5.68. The minimum Gasteiger partial charge on any atom is -0.497 e. The summed E-state index contributed by atoms with van der Waals surface area (Å²) in [4.78, 5) is 4.61. The Labute approximate surface area is 146 Å². The molecule has 25 heavy (non-hydrogen) atoms. The Morgan fingerprint density at radius 3 is 2.48 bits per heavy atom. The standard InChI is InChI=1S/C22H17NO2/c1-24-18-13-14-19(22-23-20-9-5-6-10-21(20)25-22)17(15-18)12-11-16-7-3-2-4-8-16/h2-15H,1H3. The molecule has 0 spiro atoms. The Balaban J connectivity index is 1.80. The number of hydrogen-bond donors (Lipinski definition) is 0. The summed E-state index contributed by atoms with van der Waals surface area (Å²) in [5.41, 5.74) is 4.70. The van der Waals surface area contributed by atoms with Crippen molar-refractivity contribution in [1.29, 1.82) is 0 Å². The molecule has 4 aromatic rings. The highest BCUT2D eigenvalue weighted by atomic mass is 16.5. The van der Waals surface area contributed by atoms with Crippen LogP contribution in [0.15, 0.2) is 77.2 Å². The molecule has 0 aliphatic carbocycles. The maximum absolute atomic E-state index is 5.93. The molecule has 4 rings (SSSR count). The van der Waals surface area contributed by atoms with E-state index >= 15 is 0 Å². The summed E-state index contributed by atoms with van der Waals surface area (Å²) in [5, 5.41) is 0. The number of benzene rings is 3. The van der Waals surface area contributed by atoms with Crippen molar-refractivity contribution in [3.8, 4) is 17.2 Å².